The predicted molar refractivity (Wildman–Crippen MR) is 254 cm³/mol. The molecule has 2 aromatic carbocycles. The summed E-state index contributed by atoms with van der Waals surface area (Å²) < 4.78 is 11.1. The first-order valence-electron chi connectivity index (χ1n) is 23.2. The van der Waals surface area contributed by atoms with E-state index in [1.807, 2.05) is 27.7 Å². The molecular weight excluding hydrogens is 716 g/mol. The van der Waals surface area contributed by atoms with Crippen molar-refractivity contribution in [3.63, 3.8) is 0 Å². The van der Waals surface area contributed by atoms with E-state index in [9.17, 15) is 0 Å². The molecule has 2 nitrogen and oxygen atoms in total. The molecule has 2 aromatic rings. The third-order valence-corrected chi connectivity index (χ3v) is 14.7. The summed E-state index contributed by atoms with van der Waals surface area (Å²) in [5, 5.41) is 0. The molecule has 2 saturated carbocycles. The van der Waals surface area contributed by atoms with Crippen LogP contribution in [0.3, 0.4) is 0 Å². The van der Waals surface area contributed by atoms with Gasteiger partial charge < -0.3 is 9.47 Å². The van der Waals surface area contributed by atoms with E-state index in [0.29, 0.717) is 5.41 Å². The van der Waals surface area contributed by atoms with Crippen LogP contribution in [0.2, 0.25) is 0 Å². The Labute approximate surface area is 360 Å². The highest BCUT2D eigenvalue weighted by atomic mass is 35.5. The summed E-state index contributed by atoms with van der Waals surface area (Å²) in [5.74, 6) is 3.37. The topological polar surface area (TPSA) is 18.5 Å². The smallest absolute Gasteiger partial charge is 0.118 e. The van der Waals surface area contributed by atoms with Crippen LogP contribution >= 0.6 is 11.6 Å². The van der Waals surface area contributed by atoms with Crippen molar-refractivity contribution in [1.29, 1.82) is 0 Å². The zero-order chi connectivity index (χ0) is 43.7. The molecule has 328 valence electrons. The minimum absolute atomic E-state index is 0.000934. The van der Waals surface area contributed by atoms with Gasteiger partial charge in [-0.1, -0.05) is 135 Å². The van der Waals surface area contributed by atoms with E-state index >= 15 is 0 Å². The van der Waals surface area contributed by atoms with Crippen LogP contribution in [-0.2, 0) is 10.8 Å². The number of hydrogen-bond acceptors (Lipinski definition) is 2. The zero-order valence-electron chi connectivity index (χ0n) is 41.2. The minimum Gasteiger partial charge on any atom is -0.497 e. The summed E-state index contributed by atoms with van der Waals surface area (Å²) in [6.45, 7) is 40.6. The van der Waals surface area contributed by atoms with Crippen molar-refractivity contribution in [2.45, 2.75) is 217 Å². The summed E-state index contributed by atoms with van der Waals surface area (Å²) in [6.07, 6.45) is 16.1. The van der Waals surface area contributed by atoms with Crippen LogP contribution in [-0.4, -0.2) is 19.1 Å². The summed E-state index contributed by atoms with van der Waals surface area (Å²) in [6, 6.07) is 17.9. The molecule has 4 rings (SSSR count). The summed E-state index contributed by atoms with van der Waals surface area (Å²) in [7, 11) is 3.53. The van der Waals surface area contributed by atoms with Gasteiger partial charge >= 0.3 is 0 Å². The first-order chi connectivity index (χ1) is 26.2. The molecular formula is C54H93ClO2. The third kappa shape index (κ3) is 14.8. The van der Waals surface area contributed by atoms with Crippen molar-refractivity contribution < 1.29 is 9.47 Å². The van der Waals surface area contributed by atoms with Crippen LogP contribution in [0, 0.1) is 38.9 Å². The molecule has 2 aliphatic carbocycles. The molecule has 0 unspecified atom stereocenters. The zero-order valence-corrected chi connectivity index (χ0v) is 41.9. The molecule has 0 saturated heterocycles. The van der Waals surface area contributed by atoms with Crippen LogP contribution < -0.4 is 9.47 Å². The molecule has 0 atom stereocenters. The van der Waals surface area contributed by atoms with E-state index in [2.05, 4.69) is 139 Å². The van der Waals surface area contributed by atoms with Gasteiger partial charge in [-0.15, -0.1) is 11.6 Å². The van der Waals surface area contributed by atoms with Crippen molar-refractivity contribution in [2.75, 3.05) is 14.2 Å². The third-order valence-electron chi connectivity index (χ3n) is 14.3. The Kier molecular flexibility index (Phi) is 18.3. The van der Waals surface area contributed by atoms with Crippen molar-refractivity contribution in [1.82, 2.24) is 0 Å². The van der Waals surface area contributed by atoms with E-state index in [4.69, 9.17) is 21.1 Å². The predicted octanol–water partition coefficient (Wildman–Crippen LogP) is 17.4. The average molecular weight is 810 g/mol. The van der Waals surface area contributed by atoms with Crippen molar-refractivity contribution in [3.8, 4) is 11.5 Å². The molecule has 0 radical (unpaired) electrons. The van der Waals surface area contributed by atoms with Gasteiger partial charge in [0.1, 0.15) is 11.5 Å². The van der Waals surface area contributed by atoms with E-state index in [-0.39, 0.29) is 37.4 Å². The van der Waals surface area contributed by atoms with Gasteiger partial charge in [0, 0.05) is 4.87 Å². The molecule has 0 aromatic heterocycles. The van der Waals surface area contributed by atoms with Crippen molar-refractivity contribution in [2.24, 2.45) is 38.9 Å². The highest BCUT2D eigenvalue weighted by Gasteiger charge is 2.47. The molecule has 0 N–H and O–H groups in total. The fraction of sp³-hybridized carbons (Fsp3) is 0.778. The number of methoxy groups -OCH3 is 2. The largest absolute Gasteiger partial charge is 0.497 e. The Bertz CT molecular complexity index is 1440. The second-order valence-corrected chi connectivity index (χ2v) is 23.8. The number of ether oxygens (including phenoxy) is 2. The quantitative estimate of drug-likeness (QED) is 0.157. The number of hydrogen-bond donors (Lipinski definition) is 0. The van der Waals surface area contributed by atoms with Crippen LogP contribution in [0.15, 0.2) is 48.5 Å². The normalized spacial score (nSPS) is 23.7. The lowest BCUT2D eigenvalue weighted by Gasteiger charge is -2.51. The van der Waals surface area contributed by atoms with Gasteiger partial charge in [-0.05, 0) is 176 Å². The standard InChI is InChI=1S/C50H81ClO2.2C2H6/c1-43(2,33-47(9,10)38-24-28-49(13,51)29-25-38)32-44(3,4)36-50(40-18-22-42(53-15)23-19-40)30-26-39(27-31-50)48(11,12)35-45(5,6)34-46(7,8)37-16-20-41(52-14)21-17-37;2*1-2/h16-23,38-39H,24-36H2,1-15H3;2*1-2H3. The fourth-order valence-electron chi connectivity index (χ4n) is 13.0. The van der Waals surface area contributed by atoms with E-state index in [1.54, 1.807) is 14.2 Å². The highest BCUT2D eigenvalue weighted by molar-refractivity contribution is 6.23. The van der Waals surface area contributed by atoms with E-state index < -0.39 is 0 Å². The Morgan fingerprint density at radius 3 is 1.30 bits per heavy atom. The van der Waals surface area contributed by atoms with Gasteiger partial charge in [0.15, 0.2) is 0 Å². The highest BCUT2D eigenvalue weighted by Crippen LogP contribution is 2.57. The molecule has 0 spiro atoms. The monoisotopic (exact) mass is 809 g/mol. The molecule has 0 aliphatic heterocycles. The lowest BCUT2D eigenvalue weighted by molar-refractivity contribution is 0.0312. The van der Waals surface area contributed by atoms with Gasteiger partial charge in [0.05, 0.1) is 14.2 Å². The van der Waals surface area contributed by atoms with Gasteiger partial charge in [0.2, 0.25) is 0 Å². The Morgan fingerprint density at radius 2 is 0.895 bits per heavy atom. The molecule has 3 heteroatoms. The van der Waals surface area contributed by atoms with Crippen molar-refractivity contribution >= 4 is 11.6 Å². The van der Waals surface area contributed by atoms with Crippen molar-refractivity contribution in [3.05, 3.63) is 59.7 Å². The van der Waals surface area contributed by atoms with Crippen LogP contribution in [0.25, 0.3) is 0 Å². The van der Waals surface area contributed by atoms with Gasteiger partial charge in [0.25, 0.3) is 0 Å². The molecule has 2 aliphatic rings. The van der Waals surface area contributed by atoms with Gasteiger partial charge in [-0.2, -0.15) is 0 Å². The Hall–Kier alpha value is -1.67. The summed E-state index contributed by atoms with van der Waals surface area (Å²) in [4.78, 5) is -0.000934. The van der Waals surface area contributed by atoms with Crippen LogP contribution in [0.1, 0.15) is 212 Å². The van der Waals surface area contributed by atoms with Crippen LogP contribution in [0.4, 0.5) is 0 Å². The lowest BCUT2D eigenvalue weighted by Crippen LogP contribution is -2.42. The second-order valence-electron chi connectivity index (χ2n) is 22.9. The molecule has 57 heavy (non-hydrogen) atoms. The van der Waals surface area contributed by atoms with E-state index in [0.717, 1.165) is 42.6 Å². The molecule has 0 amide bonds. The number of rotatable bonds is 16. The minimum atomic E-state index is -0.000934. The first-order valence-corrected chi connectivity index (χ1v) is 23.6. The maximum atomic E-state index is 6.78. The SMILES string of the molecule is CC.CC.COc1ccc(C(C)(C)CC(C)(C)CC(C)(C)C2CCC(CC(C)(C)CC(C)(C)CC(C)(C)C3CCC(C)(Cl)CC3)(c3ccc(OC)cc3)CC2)cc1. The maximum Gasteiger partial charge on any atom is 0.118 e. The molecule has 0 heterocycles. The Morgan fingerprint density at radius 1 is 0.526 bits per heavy atom. The first kappa shape index (κ1) is 51.5. The molecule has 2 fully saturated rings. The van der Waals surface area contributed by atoms with E-state index in [1.165, 1.54) is 75.3 Å². The average Bonchev–Trinajstić information content (AvgIpc) is 3.11. The molecule has 0 bridgehead atoms. The van der Waals surface area contributed by atoms with Crippen LogP contribution in [0.5, 0.6) is 11.5 Å². The summed E-state index contributed by atoms with van der Waals surface area (Å²) in [5.41, 5.74) is 4.50. The lowest BCUT2D eigenvalue weighted by atomic mass is 9.53. The Balaban J connectivity index is 0.00000271. The number of halogens is 1. The van der Waals surface area contributed by atoms with Gasteiger partial charge in [-0.3, -0.25) is 0 Å². The maximum absolute atomic E-state index is 6.78. The fourth-order valence-corrected chi connectivity index (χ4v) is 13.2. The van der Waals surface area contributed by atoms with Gasteiger partial charge in [-0.25, -0.2) is 0 Å². The summed E-state index contributed by atoms with van der Waals surface area (Å²) >= 11 is 6.78. The number of benzene rings is 2. The second kappa shape index (κ2) is 20.3. The number of alkyl halides is 1.